The van der Waals surface area contributed by atoms with Gasteiger partial charge in [0, 0.05) is 32.3 Å². The van der Waals surface area contributed by atoms with Crippen molar-refractivity contribution in [1.82, 2.24) is 9.38 Å². The molecule has 0 radical (unpaired) electrons. The third kappa shape index (κ3) is 2.76. The third-order valence-corrected chi connectivity index (χ3v) is 8.57. The van der Waals surface area contributed by atoms with Crippen molar-refractivity contribution in [3.8, 4) is 11.1 Å². The van der Waals surface area contributed by atoms with E-state index in [1.54, 1.807) is 0 Å². The van der Waals surface area contributed by atoms with Crippen molar-refractivity contribution in [2.24, 2.45) is 0 Å². The van der Waals surface area contributed by atoms with Crippen molar-refractivity contribution in [3.05, 3.63) is 121 Å². The molecule has 0 aliphatic heterocycles. The minimum absolute atomic E-state index is 0.868. The van der Waals surface area contributed by atoms with Crippen LogP contribution in [0, 0.1) is 0 Å². The van der Waals surface area contributed by atoms with E-state index in [0.29, 0.717) is 0 Å². The number of nitrogens with zero attached hydrogens (tertiary/aromatic N) is 2. The maximum Gasteiger partial charge on any atom is 0.146 e. The molecule has 4 aromatic heterocycles. The Labute approximate surface area is 232 Å². The van der Waals surface area contributed by atoms with E-state index in [9.17, 15) is 0 Å². The molecule has 0 bridgehead atoms. The van der Waals surface area contributed by atoms with Crippen LogP contribution >= 0.6 is 0 Å². The van der Waals surface area contributed by atoms with Crippen LogP contribution in [0.5, 0.6) is 0 Å². The number of pyridine rings is 1. The predicted octanol–water partition coefficient (Wildman–Crippen LogP) is 10.3. The molecule has 0 aliphatic rings. The number of imidazole rings is 1. The molecular formula is C37H20N2O2. The first-order chi connectivity index (χ1) is 20.3. The van der Waals surface area contributed by atoms with E-state index in [4.69, 9.17) is 13.8 Å². The van der Waals surface area contributed by atoms with Crippen LogP contribution in [0.2, 0.25) is 0 Å². The second kappa shape index (κ2) is 7.52. The number of fused-ring (bicyclic) bond motifs is 15. The number of furan rings is 2. The summed E-state index contributed by atoms with van der Waals surface area (Å²) in [5.74, 6) is 0. The fourth-order valence-corrected chi connectivity index (χ4v) is 6.75. The van der Waals surface area contributed by atoms with E-state index in [1.165, 1.54) is 10.8 Å². The van der Waals surface area contributed by atoms with E-state index in [0.717, 1.165) is 82.6 Å². The highest BCUT2D eigenvalue weighted by Gasteiger charge is 2.18. The first kappa shape index (κ1) is 21.2. The lowest BCUT2D eigenvalue weighted by Gasteiger charge is -2.11. The fraction of sp³-hybridized carbons (Fsp3) is 0. The highest BCUT2D eigenvalue weighted by atomic mass is 16.3. The van der Waals surface area contributed by atoms with E-state index >= 15 is 0 Å². The van der Waals surface area contributed by atoms with Crippen LogP contribution in [0.1, 0.15) is 0 Å². The van der Waals surface area contributed by atoms with Gasteiger partial charge in [0.2, 0.25) is 0 Å². The van der Waals surface area contributed by atoms with Gasteiger partial charge in [0.15, 0.2) is 0 Å². The Balaban J connectivity index is 1.25. The van der Waals surface area contributed by atoms with E-state index < -0.39 is 0 Å². The van der Waals surface area contributed by atoms with Gasteiger partial charge in [0.1, 0.15) is 28.0 Å². The van der Waals surface area contributed by atoms with E-state index in [1.807, 2.05) is 30.3 Å². The minimum Gasteiger partial charge on any atom is -0.456 e. The zero-order valence-corrected chi connectivity index (χ0v) is 21.8. The highest BCUT2D eigenvalue weighted by Crippen LogP contribution is 2.41. The molecule has 190 valence electrons. The van der Waals surface area contributed by atoms with Gasteiger partial charge in [-0.05, 0) is 65.0 Å². The van der Waals surface area contributed by atoms with Gasteiger partial charge in [0.25, 0.3) is 0 Å². The Bertz CT molecular complexity index is 2710. The first-order valence-electron chi connectivity index (χ1n) is 13.8. The van der Waals surface area contributed by atoms with Gasteiger partial charge in [-0.25, -0.2) is 4.98 Å². The lowest BCUT2D eigenvalue weighted by molar-refractivity contribution is 0.663. The monoisotopic (exact) mass is 524 g/mol. The molecule has 0 saturated heterocycles. The van der Waals surface area contributed by atoms with Crippen molar-refractivity contribution in [2.45, 2.75) is 0 Å². The summed E-state index contributed by atoms with van der Waals surface area (Å²) in [5, 5.41) is 7.99. The largest absolute Gasteiger partial charge is 0.456 e. The summed E-state index contributed by atoms with van der Waals surface area (Å²) in [4.78, 5) is 5.04. The molecule has 0 fully saturated rings. The molecule has 4 heteroatoms. The Morgan fingerprint density at radius 2 is 1.07 bits per heavy atom. The second-order valence-corrected chi connectivity index (χ2v) is 10.8. The van der Waals surface area contributed by atoms with Gasteiger partial charge in [-0.1, -0.05) is 72.8 Å². The minimum atomic E-state index is 0.868. The number of rotatable bonds is 1. The topological polar surface area (TPSA) is 43.6 Å². The highest BCUT2D eigenvalue weighted by molar-refractivity contribution is 6.26. The Kier molecular flexibility index (Phi) is 3.90. The van der Waals surface area contributed by atoms with Gasteiger partial charge in [0.05, 0.1) is 16.6 Å². The average molecular weight is 525 g/mol. The molecule has 6 aromatic carbocycles. The molecule has 0 N–H and O–H groups in total. The molecule has 10 aromatic rings. The lowest BCUT2D eigenvalue weighted by Crippen LogP contribution is -1.92. The lowest BCUT2D eigenvalue weighted by atomic mass is 9.99. The summed E-state index contributed by atoms with van der Waals surface area (Å²) in [6, 6.07) is 42.4. The van der Waals surface area contributed by atoms with Gasteiger partial charge in [-0.2, -0.15) is 0 Å². The van der Waals surface area contributed by atoms with Crippen molar-refractivity contribution in [3.63, 3.8) is 0 Å². The molecule has 0 unspecified atom stereocenters. The molecule has 0 saturated carbocycles. The smallest absolute Gasteiger partial charge is 0.146 e. The summed E-state index contributed by atoms with van der Waals surface area (Å²) in [6.07, 6.45) is 0. The van der Waals surface area contributed by atoms with Crippen LogP contribution in [0.3, 0.4) is 0 Å². The number of para-hydroxylation sites is 3. The zero-order valence-electron chi connectivity index (χ0n) is 21.8. The van der Waals surface area contributed by atoms with Gasteiger partial charge in [-0.3, -0.25) is 4.40 Å². The van der Waals surface area contributed by atoms with Crippen LogP contribution in [0.25, 0.3) is 93.4 Å². The van der Waals surface area contributed by atoms with Crippen LogP contribution in [-0.2, 0) is 0 Å². The quantitative estimate of drug-likeness (QED) is 0.201. The van der Waals surface area contributed by atoms with Crippen molar-refractivity contribution < 1.29 is 8.83 Å². The summed E-state index contributed by atoms with van der Waals surface area (Å²) in [7, 11) is 0. The standard InChI is InChI=1S/C37H20N2O2/c1-2-8-25-23(7-1)24-15-13-21(19-30(24)39-29-11-5-4-10-28(29)38-37(25)39)22-14-16-27-34(20-22)41-33-18-17-32-35(36(27)33)26-9-3-6-12-31(26)40-32/h1-20H. The maximum absolute atomic E-state index is 6.44. The predicted molar refractivity (Wildman–Crippen MR) is 168 cm³/mol. The molecule has 10 rings (SSSR count). The molecular weight excluding hydrogens is 504 g/mol. The maximum atomic E-state index is 6.44. The van der Waals surface area contributed by atoms with Crippen molar-refractivity contribution in [2.75, 3.05) is 0 Å². The average Bonchev–Trinajstić information content (AvgIpc) is 3.71. The summed E-state index contributed by atoms with van der Waals surface area (Å²) < 4.78 is 14.9. The normalized spacial score (nSPS) is 12.4. The van der Waals surface area contributed by atoms with Crippen LogP contribution in [0.15, 0.2) is 130 Å². The molecule has 0 amide bonds. The van der Waals surface area contributed by atoms with Crippen molar-refractivity contribution >= 4 is 82.2 Å². The number of hydrogen-bond donors (Lipinski definition) is 0. The number of hydrogen-bond acceptors (Lipinski definition) is 3. The third-order valence-electron chi connectivity index (χ3n) is 8.57. The van der Waals surface area contributed by atoms with Gasteiger partial charge >= 0.3 is 0 Å². The van der Waals surface area contributed by atoms with E-state index in [2.05, 4.69) is 95.4 Å². The second-order valence-electron chi connectivity index (χ2n) is 10.8. The number of aromatic nitrogens is 2. The molecule has 0 spiro atoms. The number of benzene rings is 6. The van der Waals surface area contributed by atoms with Crippen LogP contribution < -0.4 is 0 Å². The van der Waals surface area contributed by atoms with Crippen LogP contribution in [-0.4, -0.2) is 9.38 Å². The molecule has 0 aliphatic carbocycles. The molecule has 41 heavy (non-hydrogen) atoms. The summed E-state index contributed by atoms with van der Waals surface area (Å²) in [5.41, 5.74) is 9.98. The van der Waals surface area contributed by atoms with Gasteiger partial charge in [-0.15, -0.1) is 0 Å². The summed E-state index contributed by atoms with van der Waals surface area (Å²) >= 11 is 0. The Morgan fingerprint density at radius 3 is 1.93 bits per heavy atom. The molecule has 4 nitrogen and oxygen atoms in total. The van der Waals surface area contributed by atoms with Gasteiger partial charge < -0.3 is 8.83 Å². The SMILES string of the molecule is c1ccc2c(c1)nc1c3ccccc3c3ccc(-c4ccc5c(c4)oc4ccc6oc7ccccc7c6c45)cc3n21. The van der Waals surface area contributed by atoms with Crippen LogP contribution in [0.4, 0.5) is 0 Å². The van der Waals surface area contributed by atoms with E-state index in [-0.39, 0.29) is 0 Å². The molecule has 0 atom stereocenters. The first-order valence-corrected chi connectivity index (χ1v) is 13.8. The summed E-state index contributed by atoms with van der Waals surface area (Å²) in [6.45, 7) is 0. The molecule has 4 heterocycles. The zero-order chi connectivity index (χ0) is 26.7. The van der Waals surface area contributed by atoms with Crippen molar-refractivity contribution in [1.29, 1.82) is 0 Å². The fourth-order valence-electron chi connectivity index (χ4n) is 6.75. The Hall–Kier alpha value is -5.61. The Morgan fingerprint density at radius 1 is 0.439 bits per heavy atom.